The van der Waals surface area contributed by atoms with Crippen molar-refractivity contribution in [3.05, 3.63) is 0 Å². The first-order valence-electron chi connectivity index (χ1n) is 4.94. The monoisotopic (exact) mass is 189 g/mol. The zero-order valence-corrected chi connectivity index (χ0v) is 9.30. The Balaban J connectivity index is 3.79. The maximum atomic E-state index is 5.83. The fourth-order valence-electron chi connectivity index (χ4n) is 1.10. The SMILES string of the molecule is CCC(C)(CN)OC(C)CCOC. The summed E-state index contributed by atoms with van der Waals surface area (Å²) in [4.78, 5) is 0. The molecule has 0 aliphatic heterocycles. The quantitative estimate of drug-likeness (QED) is 0.661. The van der Waals surface area contributed by atoms with Gasteiger partial charge in [-0.3, -0.25) is 0 Å². The van der Waals surface area contributed by atoms with Gasteiger partial charge in [0.2, 0.25) is 0 Å². The van der Waals surface area contributed by atoms with Crippen LogP contribution in [-0.4, -0.2) is 32.0 Å². The molecule has 0 fully saturated rings. The van der Waals surface area contributed by atoms with E-state index in [4.69, 9.17) is 15.2 Å². The van der Waals surface area contributed by atoms with E-state index in [9.17, 15) is 0 Å². The number of ether oxygens (including phenoxy) is 2. The minimum absolute atomic E-state index is 0.173. The molecule has 0 aromatic heterocycles. The molecule has 0 aliphatic carbocycles. The minimum atomic E-state index is -0.173. The number of hydrogen-bond acceptors (Lipinski definition) is 3. The van der Waals surface area contributed by atoms with Crippen LogP contribution in [-0.2, 0) is 9.47 Å². The largest absolute Gasteiger partial charge is 0.385 e. The average molecular weight is 189 g/mol. The second kappa shape index (κ2) is 6.35. The van der Waals surface area contributed by atoms with Crippen LogP contribution in [0.15, 0.2) is 0 Å². The molecule has 0 aliphatic rings. The molecular weight excluding hydrogens is 166 g/mol. The van der Waals surface area contributed by atoms with Gasteiger partial charge in [-0.05, 0) is 26.7 Å². The highest BCUT2D eigenvalue weighted by Crippen LogP contribution is 2.17. The van der Waals surface area contributed by atoms with Crippen molar-refractivity contribution in [1.29, 1.82) is 0 Å². The van der Waals surface area contributed by atoms with Gasteiger partial charge in [0, 0.05) is 20.3 Å². The third kappa shape index (κ3) is 5.24. The highest BCUT2D eigenvalue weighted by molar-refractivity contribution is 4.75. The van der Waals surface area contributed by atoms with Crippen molar-refractivity contribution in [2.45, 2.75) is 45.3 Å². The van der Waals surface area contributed by atoms with E-state index in [-0.39, 0.29) is 11.7 Å². The Morgan fingerprint density at radius 1 is 1.46 bits per heavy atom. The number of rotatable bonds is 7. The molecule has 3 heteroatoms. The lowest BCUT2D eigenvalue weighted by Gasteiger charge is -2.30. The second-order valence-electron chi connectivity index (χ2n) is 3.72. The minimum Gasteiger partial charge on any atom is -0.385 e. The Hall–Kier alpha value is -0.120. The molecule has 80 valence electrons. The molecular formula is C10H23NO2. The molecule has 0 heterocycles. The van der Waals surface area contributed by atoms with Gasteiger partial charge < -0.3 is 15.2 Å². The molecule has 0 radical (unpaired) electrons. The van der Waals surface area contributed by atoms with Crippen molar-refractivity contribution in [3.63, 3.8) is 0 Å². The normalized spacial score (nSPS) is 18.2. The van der Waals surface area contributed by atoms with Crippen LogP contribution in [0.25, 0.3) is 0 Å². The number of nitrogens with two attached hydrogens (primary N) is 1. The summed E-state index contributed by atoms with van der Waals surface area (Å²) in [5, 5.41) is 0. The van der Waals surface area contributed by atoms with Gasteiger partial charge in [-0.25, -0.2) is 0 Å². The van der Waals surface area contributed by atoms with Gasteiger partial charge in [-0.1, -0.05) is 6.92 Å². The Morgan fingerprint density at radius 3 is 2.46 bits per heavy atom. The number of methoxy groups -OCH3 is 1. The molecule has 0 amide bonds. The van der Waals surface area contributed by atoms with Crippen LogP contribution in [0.4, 0.5) is 0 Å². The van der Waals surface area contributed by atoms with Crippen LogP contribution in [0.2, 0.25) is 0 Å². The molecule has 2 N–H and O–H groups in total. The lowest BCUT2D eigenvalue weighted by Crippen LogP contribution is -2.39. The van der Waals surface area contributed by atoms with Crippen LogP contribution < -0.4 is 5.73 Å². The van der Waals surface area contributed by atoms with Gasteiger partial charge in [0.05, 0.1) is 11.7 Å². The predicted molar refractivity (Wildman–Crippen MR) is 54.8 cm³/mol. The lowest BCUT2D eigenvalue weighted by atomic mass is 10.0. The van der Waals surface area contributed by atoms with Crippen LogP contribution in [0.5, 0.6) is 0 Å². The average Bonchev–Trinajstić information content (AvgIpc) is 2.14. The summed E-state index contributed by atoms with van der Waals surface area (Å²) in [5.74, 6) is 0. The molecule has 3 nitrogen and oxygen atoms in total. The summed E-state index contributed by atoms with van der Waals surface area (Å²) in [7, 11) is 1.70. The summed E-state index contributed by atoms with van der Waals surface area (Å²) in [6.45, 7) is 7.52. The Kier molecular flexibility index (Phi) is 6.29. The topological polar surface area (TPSA) is 44.5 Å². The second-order valence-corrected chi connectivity index (χ2v) is 3.72. The molecule has 0 rings (SSSR count). The molecule has 13 heavy (non-hydrogen) atoms. The van der Waals surface area contributed by atoms with Crippen molar-refractivity contribution in [2.24, 2.45) is 5.73 Å². The van der Waals surface area contributed by atoms with Crippen molar-refractivity contribution in [1.82, 2.24) is 0 Å². The standard InChI is InChI=1S/C10H23NO2/c1-5-10(3,8-11)13-9(2)6-7-12-4/h9H,5-8,11H2,1-4H3. The fourth-order valence-corrected chi connectivity index (χ4v) is 1.10. The molecule has 0 aromatic rings. The van der Waals surface area contributed by atoms with Gasteiger partial charge in [-0.2, -0.15) is 0 Å². The fraction of sp³-hybridized carbons (Fsp3) is 1.00. The van der Waals surface area contributed by atoms with E-state index in [1.54, 1.807) is 7.11 Å². The van der Waals surface area contributed by atoms with E-state index in [0.717, 1.165) is 19.4 Å². The van der Waals surface area contributed by atoms with Gasteiger partial charge in [0.1, 0.15) is 0 Å². The summed E-state index contributed by atoms with van der Waals surface area (Å²) in [6, 6.07) is 0. The Morgan fingerprint density at radius 2 is 2.08 bits per heavy atom. The van der Waals surface area contributed by atoms with Crippen molar-refractivity contribution >= 4 is 0 Å². The molecule has 2 atom stereocenters. The molecule has 0 bridgehead atoms. The van der Waals surface area contributed by atoms with Gasteiger partial charge >= 0.3 is 0 Å². The van der Waals surface area contributed by atoms with E-state index in [1.165, 1.54) is 0 Å². The molecule has 0 spiro atoms. The molecule has 0 saturated heterocycles. The highest BCUT2D eigenvalue weighted by atomic mass is 16.5. The summed E-state index contributed by atoms with van der Waals surface area (Å²) in [5.41, 5.74) is 5.46. The molecule has 0 saturated carbocycles. The van der Waals surface area contributed by atoms with Crippen LogP contribution in [0, 0.1) is 0 Å². The van der Waals surface area contributed by atoms with Crippen molar-refractivity contribution in [2.75, 3.05) is 20.3 Å². The summed E-state index contributed by atoms with van der Waals surface area (Å²) >= 11 is 0. The molecule has 2 unspecified atom stereocenters. The smallest absolute Gasteiger partial charge is 0.0777 e. The third-order valence-corrected chi connectivity index (χ3v) is 2.39. The van der Waals surface area contributed by atoms with E-state index in [1.807, 2.05) is 0 Å². The van der Waals surface area contributed by atoms with E-state index in [0.29, 0.717) is 6.54 Å². The molecule has 0 aromatic carbocycles. The van der Waals surface area contributed by atoms with Gasteiger partial charge in [0.25, 0.3) is 0 Å². The summed E-state index contributed by atoms with van der Waals surface area (Å²) in [6.07, 6.45) is 2.08. The summed E-state index contributed by atoms with van der Waals surface area (Å²) < 4.78 is 10.8. The van der Waals surface area contributed by atoms with Crippen molar-refractivity contribution < 1.29 is 9.47 Å². The Labute approximate surface area is 81.6 Å². The predicted octanol–water partition coefficient (Wildman–Crippen LogP) is 1.56. The van der Waals surface area contributed by atoms with Gasteiger partial charge in [-0.15, -0.1) is 0 Å². The highest BCUT2D eigenvalue weighted by Gasteiger charge is 2.23. The van der Waals surface area contributed by atoms with Crippen molar-refractivity contribution in [3.8, 4) is 0 Å². The lowest BCUT2D eigenvalue weighted by molar-refractivity contribution is -0.0795. The van der Waals surface area contributed by atoms with E-state index < -0.39 is 0 Å². The van der Waals surface area contributed by atoms with Gasteiger partial charge in [0.15, 0.2) is 0 Å². The zero-order valence-electron chi connectivity index (χ0n) is 9.30. The van der Waals surface area contributed by atoms with E-state index >= 15 is 0 Å². The first-order valence-corrected chi connectivity index (χ1v) is 4.94. The maximum Gasteiger partial charge on any atom is 0.0777 e. The Bertz CT molecular complexity index is 124. The van der Waals surface area contributed by atoms with Crippen LogP contribution >= 0.6 is 0 Å². The first kappa shape index (κ1) is 12.9. The third-order valence-electron chi connectivity index (χ3n) is 2.39. The van der Waals surface area contributed by atoms with E-state index in [2.05, 4.69) is 20.8 Å². The van der Waals surface area contributed by atoms with Crippen LogP contribution in [0.1, 0.15) is 33.6 Å². The first-order chi connectivity index (χ1) is 6.08. The number of hydrogen-bond donors (Lipinski definition) is 1. The van der Waals surface area contributed by atoms with Crippen LogP contribution in [0.3, 0.4) is 0 Å². The maximum absolute atomic E-state index is 5.83. The zero-order chi connectivity index (χ0) is 10.3.